The number of alkyl halides is 3. The van der Waals surface area contributed by atoms with E-state index in [9.17, 15) is 14.0 Å². The Morgan fingerprint density at radius 1 is 1.17 bits per heavy atom. The van der Waals surface area contributed by atoms with Crippen molar-refractivity contribution in [2.45, 2.75) is 105 Å². The zero-order valence-corrected chi connectivity index (χ0v) is 25.8. The molecule has 1 aliphatic carbocycles. The van der Waals surface area contributed by atoms with Crippen LogP contribution in [0.1, 0.15) is 78.1 Å². The van der Waals surface area contributed by atoms with Crippen LogP contribution in [0, 0.1) is 25.2 Å². The van der Waals surface area contributed by atoms with Crippen molar-refractivity contribution in [3.8, 4) is 17.3 Å². The number of nitrogens with zero attached hydrogens (tertiary/aromatic N) is 7. The molecule has 1 aliphatic heterocycles. The summed E-state index contributed by atoms with van der Waals surface area (Å²) < 4.78 is 38.4. The molecule has 4 heterocycles. The summed E-state index contributed by atoms with van der Waals surface area (Å²) >= 11 is 0. The summed E-state index contributed by atoms with van der Waals surface area (Å²) in [6.07, 6.45) is 1.98. The average molecular weight is 585 g/mol. The number of piperidine rings is 1. The van der Waals surface area contributed by atoms with Gasteiger partial charge >= 0.3 is 0 Å². The van der Waals surface area contributed by atoms with Gasteiger partial charge in [0.1, 0.15) is 11.7 Å². The lowest BCUT2D eigenvalue weighted by Crippen LogP contribution is -2.60. The summed E-state index contributed by atoms with van der Waals surface area (Å²) in [5.41, 5.74) is 5.69. The van der Waals surface area contributed by atoms with Crippen molar-refractivity contribution in [1.29, 1.82) is 5.26 Å². The maximum Gasteiger partial charge on any atom is 0.241 e. The van der Waals surface area contributed by atoms with Gasteiger partial charge in [0.25, 0.3) is 0 Å². The SMILES string of the molecule is CC.CC(C)=Nc1ccc(-c2ccn3nc(NC4CCN(C5(C#N)CCC5)CC4F)nc(C)c23)nc1C.CCC(F)F. The number of aromatic nitrogens is 4. The van der Waals surface area contributed by atoms with E-state index in [0.717, 1.165) is 58.8 Å². The van der Waals surface area contributed by atoms with Crippen LogP contribution in [-0.2, 0) is 0 Å². The highest BCUT2D eigenvalue weighted by Crippen LogP contribution is 2.39. The molecule has 5 rings (SSSR count). The second-order valence-corrected chi connectivity index (χ2v) is 10.7. The van der Waals surface area contributed by atoms with Crippen molar-refractivity contribution >= 4 is 22.9 Å². The first kappa shape index (κ1) is 33.0. The second kappa shape index (κ2) is 14.6. The van der Waals surface area contributed by atoms with Gasteiger partial charge in [-0.05, 0) is 71.6 Å². The standard InChI is InChI=1S/C26H31FN8.C3H6F2.C2H6/c1-16(2)29-21-6-7-22(30-17(21)3)19-8-13-35-24(19)18(4)31-25(33-35)32-23-9-12-34(14-20(23)27)26(15-28)10-5-11-26;1-2-3(4)5;1-2/h6-8,13,20,23H,5,9-12,14H2,1-4H3,(H,32,33);3H,2H2,1H3;1-2H3. The van der Waals surface area contributed by atoms with Crippen molar-refractivity contribution in [1.82, 2.24) is 24.5 Å². The predicted octanol–water partition coefficient (Wildman–Crippen LogP) is 7.48. The Kier molecular flexibility index (Phi) is 11.5. The molecule has 0 bridgehead atoms. The Balaban J connectivity index is 0.000000627. The van der Waals surface area contributed by atoms with Crippen molar-refractivity contribution in [3.05, 3.63) is 35.8 Å². The normalized spacial score (nSPS) is 19.5. The first-order chi connectivity index (χ1) is 20.1. The van der Waals surface area contributed by atoms with E-state index >= 15 is 4.39 Å². The van der Waals surface area contributed by atoms with Gasteiger partial charge in [0.05, 0.1) is 40.4 Å². The number of hydrogen-bond donors (Lipinski definition) is 1. The maximum absolute atomic E-state index is 15.1. The van der Waals surface area contributed by atoms with Crippen LogP contribution in [0.15, 0.2) is 29.4 Å². The lowest BCUT2D eigenvalue weighted by atomic mass is 9.75. The number of anilines is 1. The Bertz CT molecular complexity index is 1400. The third-order valence-electron chi connectivity index (χ3n) is 7.52. The Hall–Kier alpha value is -3.52. The number of pyridine rings is 1. The Morgan fingerprint density at radius 3 is 2.38 bits per heavy atom. The van der Waals surface area contributed by atoms with E-state index in [1.165, 1.54) is 6.92 Å². The summed E-state index contributed by atoms with van der Waals surface area (Å²) in [5, 5.41) is 17.4. The van der Waals surface area contributed by atoms with Gasteiger partial charge in [-0.15, -0.1) is 5.10 Å². The molecule has 0 spiro atoms. The number of likely N-dealkylation sites (tertiary alicyclic amines) is 1. The fourth-order valence-electron chi connectivity index (χ4n) is 5.17. The van der Waals surface area contributed by atoms with Crippen LogP contribution < -0.4 is 5.32 Å². The number of nitriles is 1. The van der Waals surface area contributed by atoms with E-state index in [0.29, 0.717) is 18.9 Å². The van der Waals surface area contributed by atoms with E-state index in [1.54, 1.807) is 4.52 Å². The molecule has 2 aliphatic rings. The van der Waals surface area contributed by atoms with Gasteiger partial charge < -0.3 is 5.32 Å². The van der Waals surface area contributed by atoms with Crippen LogP contribution in [0.5, 0.6) is 0 Å². The van der Waals surface area contributed by atoms with E-state index < -0.39 is 18.1 Å². The van der Waals surface area contributed by atoms with E-state index in [-0.39, 0.29) is 19.0 Å². The van der Waals surface area contributed by atoms with E-state index in [4.69, 9.17) is 4.98 Å². The number of nitrogens with one attached hydrogen (secondary N) is 1. The molecular formula is C31H43F3N8. The van der Waals surface area contributed by atoms with Crippen LogP contribution in [-0.4, -0.2) is 67.5 Å². The highest BCUT2D eigenvalue weighted by Gasteiger charge is 2.46. The second-order valence-electron chi connectivity index (χ2n) is 10.7. The molecule has 8 nitrogen and oxygen atoms in total. The van der Waals surface area contributed by atoms with Gasteiger partial charge in [0.2, 0.25) is 12.4 Å². The van der Waals surface area contributed by atoms with Crippen molar-refractivity contribution < 1.29 is 13.2 Å². The average Bonchev–Trinajstić information content (AvgIpc) is 3.37. The maximum atomic E-state index is 15.1. The molecule has 2 atom stereocenters. The van der Waals surface area contributed by atoms with Gasteiger partial charge in [0, 0.05) is 37.0 Å². The molecular weight excluding hydrogens is 541 g/mol. The van der Waals surface area contributed by atoms with Crippen LogP contribution in [0.2, 0.25) is 0 Å². The summed E-state index contributed by atoms with van der Waals surface area (Å²) in [5.74, 6) is 0.407. The number of aryl methyl sites for hydroxylation is 2. The zero-order chi connectivity index (χ0) is 31.0. The Labute approximate surface area is 247 Å². The smallest absolute Gasteiger partial charge is 0.241 e. The molecule has 0 aromatic carbocycles. The van der Waals surface area contributed by atoms with Crippen LogP contribution in [0.25, 0.3) is 16.8 Å². The molecule has 11 heteroatoms. The van der Waals surface area contributed by atoms with E-state index in [2.05, 4.69) is 26.5 Å². The fraction of sp³-hybridized carbons (Fsp3) is 0.581. The topological polar surface area (TPSA) is 94.5 Å². The highest BCUT2D eigenvalue weighted by molar-refractivity contribution is 5.84. The first-order valence-corrected chi connectivity index (χ1v) is 14.8. The summed E-state index contributed by atoms with van der Waals surface area (Å²) in [4.78, 5) is 16.0. The highest BCUT2D eigenvalue weighted by atomic mass is 19.3. The minimum absolute atomic E-state index is 0.0278. The minimum Gasteiger partial charge on any atom is -0.347 e. The van der Waals surface area contributed by atoms with Crippen LogP contribution in [0.3, 0.4) is 0 Å². The molecule has 228 valence electrons. The van der Waals surface area contributed by atoms with Crippen molar-refractivity contribution in [2.75, 3.05) is 18.4 Å². The lowest BCUT2D eigenvalue weighted by molar-refractivity contribution is 0.0128. The molecule has 3 aromatic rings. The minimum atomic E-state index is -2.12. The number of fused-ring (bicyclic) bond motifs is 1. The Morgan fingerprint density at radius 2 is 1.86 bits per heavy atom. The third kappa shape index (κ3) is 7.46. The zero-order valence-electron chi connectivity index (χ0n) is 25.8. The van der Waals surface area contributed by atoms with Crippen LogP contribution >= 0.6 is 0 Å². The number of hydrogen-bond acceptors (Lipinski definition) is 7. The molecule has 0 radical (unpaired) electrons. The lowest BCUT2D eigenvalue weighted by Gasteiger charge is -2.48. The molecule has 2 unspecified atom stereocenters. The summed E-state index contributed by atoms with van der Waals surface area (Å²) in [6, 6.07) is 7.97. The summed E-state index contributed by atoms with van der Waals surface area (Å²) in [6.45, 7) is 14.2. The number of halogens is 3. The first-order valence-electron chi connectivity index (χ1n) is 14.8. The van der Waals surface area contributed by atoms with Gasteiger partial charge in [-0.2, -0.15) is 5.26 Å². The van der Waals surface area contributed by atoms with Gasteiger partial charge in [0.15, 0.2) is 0 Å². The third-order valence-corrected chi connectivity index (χ3v) is 7.52. The largest absolute Gasteiger partial charge is 0.347 e. The van der Waals surface area contributed by atoms with Gasteiger partial charge in [-0.1, -0.05) is 20.8 Å². The van der Waals surface area contributed by atoms with Crippen molar-refractivity contribution in [3.63, 3.8) is 0 Å². The molecule has 1 saturated carbocycles. The molecule has 42 heavy (non-hydrogen) atoms. The molecule has 1 N–H and O–H groups in total. The number of rotatable bonds is 6. The monoisotopic (exact) mass is 584 g/mol. The predicted molar refractivity (Wildman–Crippen MR) is 162 cm³/mol. The molecule has 1 saturated heterocycles. The van der Waals surface area contributed by atoms with Crippen LogP contribution in [0.4, 0.5) is 24.8 Å². The van der Waals surface area contributed by atoms with Gasteiger partial charge in [-0.25, -0.2) is 22.7 Å². The molecule has 3 aromatic heterocycles. The molecule has 0 amide bonds. The van der Waals surface area contributed by atoms with Crippen molar-refractivity contribution in [2.24, 2.45) is 4.99 Å². The van der Waals surface area contributed by atoms with E-state index in [1.807, 2.05) is 70.8 Å². The quantitative estimate of drug-likeness (QED) is 0.302. The van der Waals surface area contributed by atoms with Gasteiger partial charge in [-0.3, -0.25) is 14.9 Å². The number of aliphatic imine (C=N–C) groups is 1. The molecule has 2 fully saturated rings. The fourth-order valence-corrected chi connectivity index (χ4v) is 5.17. The summed E-state index contributed by atoms with van der Waals surface area (Å²) in [7, 11) is 0.